The quantitative estimate of drug-likeness (QED) is 0.900. The number of nitrogens with one attached hydrogen (secondary N) is 1. The second-order valence-electron chi connectivity index (χ2n) is 3.78. The Morgan fingerprint density at radius 3 is 2.78 bits per heavy atom. The monoisotopic (exact) mass is 263 g/mol. The molecule has 0 aliphatic carbocycles. The summed E-state index contributed by atoms with van der Waals surface area (Å²) in [6, 6.07) is 7.38. The Balaban J connectivity index is 2.00. The van der Waals surface area contributed by atoms with Crippen molar-refractivity contribution in [3.63, 3.8) is 0 Å². The summed E-state index contributed by atoms with van der Waals surface area (Å²) in [4.78, 5) is 7.99. The van der Waals surface area contributed by atoms with Gasteiger partial charge in [-0.05, 0) is 25.2 Å². The van der Waals surface area contributed by atoms with Crippen LogP contribution < -0.4 is 10.1 Å². The molecule has 2 rings (SSSR count). The van der Waals surface area contributed by atoms with Crippen molar-refractivity contribution < 1.29 is 4.74 Å². The van der Waals surface area contributed by atoms with Gasteiger partial charge in [0.15, 0.2) is 0 Å². The van der Waals surface area contributed by atoms with Gasteiger partial charge in [0.2, 0.25) is 0 Å². The van der Waals surface area contributed by atoms with Crippen molar-refractivity contribution in [1.82, 2.24) is 15.3 Å². The van der Waals surface area contributed by atoms with Gasteiger partial charge in [0.25, 0.3) is 0 Å². The zero-order valence-electron chi connectivity index (χ0n) is 10.0. The number of hydrogen-bond acceptors (Lipinski definition) is 4. The number of likely N-dealkylation sites (N-methyl/N-ethyl adjacent to an activating group) is 1. The molecule has 0 saturated carbocycles. The molecule has 1 unspecified atom stereocenters. The summed E-state index contributed by atoms with van der Waals surface area (Å²) in [5.41, 5.74) is 0.988. The summed E-state index contributed by atoms with van der Waals surface area (Å²) in [6.45, 7) is 0.490. The Morgan fingerprint density at radius 1 is 1.33 bits per heavy atom. The molecule has 0 fully saturated rings. The van der Waals surface area contributed by atoms with Gasteiger partial charge in [-0.25, -0.2) is 9.97 Å². The van der Waals surface area contributed by atoms with Crippen molar-refractivity contribution in [3.05, 3.63) is 53.6 Å². The van der Waals surface area contributed by atoms with E-state index in [0.29, 0.717) is 11.6 Å². The summed E-state index contributed by atoms with van der Waals surface area (Å²) in [5, 5.41) is 3.83. The van der Waals surface area contributed by atoms with E-state index in [1.807, 2.05) is 25.2 Å². The van der Waals surface area contributed by atoms with Crippen LogP contribution in [0.4, 0.5) is 0 Å². The van der Waals surface area contributed by atoms with Gasteiger partial charge in [-0.15, -0.1) is 0 Å². The molecule has 0 amide bonds. The van der Waals surface area contributed by atoms with Crippen molar-refractivity contribution in [1.29, 1.82) is 0 Å². The first kappa shape index (κ1) is 12.8. The van der Waals surface area contributed by atoms with Gasteiger partial charge in [-0.3, -0.25) is 0 Å². The number of nitrogens with zero attached hydrogens (tertiary/aromatic N) is 2. The minimum Gasteiger partial charge on any atom is -0.492 e. The summed E-state index contributed by atoms with van der Waals surface area (Å²) >= 11 is 5.90. The van der Waals surface area contributed by atoms with Crippen LogP contribution in [0.1, 0.15) is 11.6 Å². The number of rotatable bonds is 5. The number of hydrogen-bond donors (Lipinski definition) is 1. The van der Waals surface area contributed by atoms with E-state index in [1.54, 1.807) is 18.5 Å². The van der Waals surface area contributed by atoms with E-state index in [-0.39, 0.29) is 6.04 Å². The summed E-state index contributed by atoms with van der Waals surface area (Å²) in [6.07, 6.45) is 5.05. The van der Waals surface area contributed by atoms with Gasteiger partial charge in [-0.2, -0.15) is 0 Å². The van der Waals surface area contributed by atoms with Crippen molar-refractivity contribution in [2.45, 2.75) is 6.04 Å². The highest BCUT2D eigenvalue weighted by Crippen LogP contribution is 2.19. The van der Waals surface area contributed by atoms with Crippen molar-refractivity contribution >= 4 is 11.6 Å². The van der Waals surface area contributed by atoms with Crippen molar-refractivity contribution in [3.8, 4) is 5.75 Å². The minimum absolute atomic E-state index is 0.0465. The van der Waals surface area contributed by atoms with E-state index < -0.39 is 0 Å². The molecule has 0 aliphatic heterocycles. The first-order valence-electron chi connectivity index (χ1n) is 5.60. The third-order valence-electron chi connectivity index (χ3n) is 2.54. The summed E-state index contributed by atoms with van der Waals surface area (Å²) < 4.78 is 5.69. The molecule has 0 radical (unpaired) electrons. The Bertz CT molecular complexity index is 493. The van der Waals surface area contributed by atoms with Crippen LogP contribution in [0, 0.1) is 0 Å². The zero-order valence-corrected chi connectivity index (χ0v) is 10.8. The molecule has 4 nitrogen and oxygen atoms in total. The molecular formula is C13H14ClN3O. The molecule has 5 heteroatoms. The van der Waals surface area contributed by atoms with Crippen molar-refractivity contribution in [2.75, 3.05) is 13.7 Å². The summed E-state index contributed by atoms with van der Waals surface area (Å²) in [7, 11) is 1.87. The highest BCUT2D eigenvalue weighted by molar-refractivity contribution is 6.30. The molecule has 0 aliphatic rings. The predicted octanol–water partition coefficient (Wildman–Crippen LogP) is 2.47. The first-order valence-corrected chi connectivity index (χ1v) is 5.98. The fourth-order valence-corrected chi connectivity index (χ4v) is 1.75. The lowest BCUT2D eigenvalue weighted by molar-refractivity contribution is 0.272. The second-order valence-corrected chi connectivity index (χ2v) is 4.22. The lowest BCUT2D eigenvalue weighted by Gasteiger charge is -2.16. The molecule has 1 aromatic carbocycles. The topological polar surface area (TPSA) is 47.0 Å². The maximum absolute atomic E-state index is 5.90. The van der Waals surface area contributed by atoms with E-state index in [9.17, 15) is 0 Å². The predicted molar refractivity (Wildman–Crippen MR) is 70.8 cm³/mol. The largest absolute Gasteiger partial charge is 0.492 e. The maximum Gasteiger partial charge on any atom is 0.120 e. The third-order valence-corrected chi connectivity index (χ3v) is 2.78. The maximum atomic E-state index is 5.90. The summed E-state index contributed by atoms with van der Waals surface area (Å²) in [5.74, 6) is 0.750. The van der Waals surface area contributed by atoms with Crippen molar-refractivity contribution in [2.24, 2.45) is 0 Å². The van der Waals surface area contributed by atoms with Gasteiger partial charge in [-0.1, -0.05) is 17.7 Å². The SMILES string of the molecule is CNC(COc1cccc(Cl)c1)c1cncnc1. The molecule has 18 heavy (non-hydrogen) atoms. The van der Waals surface area contributed by atoms with E-state index in [1.165, 1.54) is 6.33 Å². The van der Waals surface area contributed by atoms with Gasteiger partial charge >= 0.3 is 0 Å². The molecule has 0 bridgehead atoms. The van der Waals surface area contributed by atoms with E-state index >= 15 is 0 Å². The van der Waals surface area contributed by atoms with Crippen LogP contribution in [0.15, 0.2) is 43.0 Å². The van der Waals surface area contributed by atoms with E-state index in [4.69, 9.17) is 16.3 Å². The van der Waals surface area contributed by atoms with Crippen LogP contribution in [0.5, 0.6) is 5.75 Å². The van der Waals surface area contributed by atoms with Gasteiger partial charge < -0.3 is 10.1 Å². The van der Waals surface area contributed by atoms with Crippen LogP contribution in [0.3, 0.4) is 0 Å². The van der Waals surface area contributed by atoms with Gasteiger partial charge in [0.1, 0.15) is 18.7 Å². The Hall–Kier alpha value is -1.65. The molecule has 0 spiro atoms. The van der Waals surface area contributed by atoms with E-state index in [0.717, 1.165) is 11.3 Å². The smallest absolute Gasteiger partial charge is 0.120 e. The third kappa shape index (κ3) is 3.42. The molecule has 2 aromatic rings. The van der Waals surface area contributed by atoms with Crippen LogP contribution >= 0.6 is 11.6 Å². The van der Waals surface area contributed by atoms with Crippen LogP contribution in [0.25, 0.3) is 0 Å². The first-order chi connectivity index (χ1) is 8.79. The molecule has 1 aromatic heterocycles. The normalized spacial score (nSPS) is 12.1. The van der Waals surface area contributed by atoms with Crippen LogP contribution in [0.2, 0.25) is 5.02 Å². The second kappa shape index (κ2) is 6.33. The minimum atomic E-state index is 0.0465. The standard InChI is InChI=1S/C13H14ClN3O/c1-15-13(10-6-16-9-17-7-10)8-18-12-4-2-3-11(14)5-12/h2-7,9,13,15H,8H2,1H3. The Morgan fingerprint density at radius 2 is 2.11 bits per heavy atom. The lowest BCUT2D eigenvalue weighted by Crippen LogP contribution is -2.23. The Labute approximate surface area is 111 Å². The molecule has 1 atom stereocenters. The Kier molecular flexibility index (Phi) is 4.50. The average Bonchev–Trinajstić information content (AvgIpc) is 2.41. The molecule has 94 valence electrons. The molecule has 0 saturated heterocycles. The molecular weight excluding hydrogens is 250 g/mol. The van der Waals surface area contributed by atoms with Gasteiger partial charge in [0, 0.05) is 23.0 Å². The van der Waals surface area contributed by atoms with Crippen LogP contribution in [-0.4, -0.2) is 23.6 Å². The highest BCUT2D eigenvalue weighted by atomic mass is 35.5. The number of aromatic nitrogens is 2. The fraction of sp³-hybridized carbons (Fsp3) is 0.231. The van der Waals surface area contributed by atoms with Gasteiger partial charge in [0.05, 0.1) is 6.04 Å². The number of benzene rings is 1. The zero-order chi connectivity index (χ0) is 12.8. The average molecular weight is 264 g/mol. The van der Waals surface area contributed by atoms with E-state index in [2.05, 4.69) is 15.3 Å². The number of halogens is 1. The highest BCUT2D eigenvalue weighted by Gasteiger charge is 2.10. The lowest BCUT2D eigenvalue weighted by atomic mass is 10.2. The molecule has 1 N–H and O–H groups in total. The fourth-order valence-electron chi connectivity index (χ4n) is 1.57. The molecule has 1 heterocycles. The number of ether oxygens (including phenoxy) is 1. The van der Waals surface area contributed by atoms with Crippen LogP contribution in [-0.2, 0) is 0 Å².